The molecule has 0 spiro atoms. The number of carbonyl (C=O) groups is 1. The molecule has 1 amide bonds. The highest BCUT2D eigenvalue weighted by Crippen LogP contribution is 2.28. The van der Waals surface area contributed by atoms with Crippen LogP contribution in [0.3, 0.4) is 0 Å². The molecule has 0 aliphatic rings. The Morgan fingerprint density at radius 2 is 1.93 bits per heavy atom. The van der Waals surface area contributed by atoms with Crippen molar-refractivity contribution in [1.82, 2.24) is 4.98 Å². The number of nitrogens with zero attached hydrogens (tertiary/aromatic N) is 1. The van der Waals surface area contributed by atoms with Gasteiger partial charge >= 0.3 is 0 Å². The Morgan fingerprint density at radius 3 is 2.74 bits per heavy atom. The largest absolute Gasteiger partial charge is 0.497 e. The molecule has 4 aromatic rings. The molecule has 1 heterocycles. The number of fused-ring (bicyclic) bond motifs is 1. The Morgan fingerprint density at radius 1 is 1.07 bits per heavy atom. The molecule has 0 atom stereocenters. The second kappa shape index (κ2) is 7.40. The van der Waals surface area contributed by atoms with Crippen LogP contribution in [0.2, 0.25) is 0 Å². The monoisotopic (exact) mass is 470 g/mol. The molecule has 0 aliphatic carbocycles. The molecule has 134 valence electrons. The second-order valence-corrected chi connectivity index (χ2v) is 7.03. The topological polar surface area (TPSA) is 64.4 Å². The van der Waals surface area contributed by atoms with Gasteiger partial charge in [0.2, 0.25) is 5.89 Å². The number of oxazole rings is 1. The van der Waals surface area contributed by atoms with E-state index in [1.54, 1.807) is 31.4 Å². The standard InChI is InChI=1S/C21H15IN2O3/c1-26-15-6-4-5-13(11-15)21-24-18-12-14(9-10-19(18)27-21)23-20(25)16-7-2-3-8-17(16)22/h2-12H,1H3,(H,23,25). The summed E-state index contributed by atoms with van der Waals surface area (Å²) in [6.45, 7) is 0. The molecular formula is C21H15IN2O3. The first-order valence-corrected chi connectivity index (χ1v) is 9.33. The van der Waals surface area contributed by atoms with E-state index < -0.39 is 0 Å². The van der Waals surface area contributed by atoms with Crippen molar-refractivity contribution in [3.63, 3.8) is 0 Å². The summed E-state index contributed by atoms with van der Waals surface area (Å²) in [5, 5.41) is 2.91. The number of methoxy groups -OCH3 is 1. The Hall–Kier alpha value is -2.87. The van der Waals surface area contributed by atoms with Gasteiger partial charge in [-0.1, -0.05) is 18.2 Å². The van der Waals surface area contributed by atoms with Crippen molar-refractivity contribution in [3.8, 4) is 17.2 Å². The third-order valence-electron chi connectivity index (χ3n) is 4.08. The molecule has 0 saturated carbocycles. The average molecular weight is 470 g/mol. The van der Waals surface area contributed by atoms with E-state index in [2.05, 4.69) is 32.9 Å². The summed E-state index contributed by atoms with van der Waals surface area (Å²) >= 11 is 2.15. The van der Waals surface area contributed by atoms with Crippen molar-refractivity contribution in [2.45, 2.75) is 0 Å². The first-order chi connectivity index (χ1) is 13.1. The summed E-state index contributed by atoms with van der Waals surface area (Å²) in [6.07, 6.45) is 0. The van der Waals surface area contributed by atoms with Crippen LogP contribution in [-0.2, 0) is 0 Å². The number of nitrogens with one attached hydrogen (secondary N) is 1. The lowest BCUT2D eigenvalue weighted by Crippen LogP contribution is -2.13. The van der Waals surface area contributed by atoms with Crippen molar-refractivity contribution in [3.05, 3.63) is 75.9 Å². The molecule has 0 fully saturated rings. The lowest BCUT2D eigenvalue weighted by Gasteiger charge is -2.06. The van der Waals surface area contributed by atoms with Gasteiger partial charge in [0.15, 0.2) is 5.58 Å². The maximum absolute atomic E-state index is 12.5. The van der Waals surface area contributed by atoms with E-state index in [1.165, 1.54) is 0 Å². The number of rotatable bonds is 4. The van der Waals surface area contributed by atoms with Crippen LogP contribution >= 0.6 is 22.6 Å². The van der Waals surface area contributed by atoms with Crippen molar-refractivity contribution in [2.75, 3.05) is 12.4 Å². The summed E-state index contributed by atoms with van der Waals surface area (Å²) in [6, 6.07) is 20.4. The minimum atomic E-state index is -0.157. The van der Waals surface area contributed by atoms with Crippen molar-refractivity contribution >= 4 is 45.3 Å². The number of halogens is 1. The molecule has 4 rings (SSSR count). The summed E-state index contributed by atoms with van der Waals surface area (Å²) < 4.78 is 12.0. The van der Waals surface area contributed by atoms with Crippen LogP contribution in [-0.4, -0.2) is 18.0 Å². The van der Waals surface area contributed by atoms with Crippen LogP contribution in [0.25, 0.3) is 22.6 Å². The molecule has 0 aliphatic heterocycles. The van der Waals surface area contributed by atoms with E-state index in [1.807, 2.05) is 42.5 Å². The van der Waals surface area contributed by atoms with E-state index in [0.717, 1.165) is 14.9 Å². The molecule has 0 unspecified atom stereocenters. The minimum absolute atomic E-state index is 0.157. The van der Waals surface area contributed by atoms with E-state index >= 15 is 0 Å². The normalized spacial score (nSPS) is 10.7. The summed E-state index contributed by atoms with van der Waals surface area (Å²) in [4.78, 5) is 17.0. The highest BCUT2D eigenvalue weighted by molar-refractivity contribution is 14.1. The highest BCUT2D eigenvalue weighted by atomic mass is 127. The Bertz CT molecular complexity index is 1140. The predicted octanol–water partition coefficient (Wildman–Crippen LogP) is 5.36. The van der Waals surface area contributed by atoms with Gasteiger partial charge in [-0.25, -0.2) is 4.98 Å². The maximum Gasteiger partial charge on any atom is 0.256 e. The van der Waals surface area contributed by atoms with Gasteiger partial charge in [-0.05, 0) is 71.1 Å². The van der Waals surface area contributed by atoms with Gasteiger partial charge in [-0.3, -0.25) is 4.79 Å². The Balaban J connectivity index is 1.63. The van der Waals surface area contributed by atoms with E-state index in [9.17, 15) is 4.79 Å². The number of anilines is 1. The van der Waals surface area contributed by atoms with Crippen LogP contribution in [0.15, 0.2) is 71.1 Å². The number of amides is 1. The molecule has 0 radical (unpaired) electrons. The van der Waals surface area contributed by atoms with E-state index in [0.29, 0.717) is 28.2 Å². The van der Waals surface area contributed by atoms with E-state index in [-0.39, 0.29) is 5.91 Å². The molecule has 1 aromatic heterocycles. The second-order valence-electron chi connectivity index (χ2n) is 5.87. The zero-order valence-electron chi connectivity index (χ0n) is 14.4. The first kappa shape index (κ1) is 17.5. The molecule has 0 saturated heterocycles. The van der Waals surface area contributed by atoms with Crippen molar-refractivity contribution < 1.29 is 13.9 Å². The smallest absolute Gasteiger partial charge is 0.256 e. The van der Waals surface area contributed by atoms with Crippen molar-refractivity contribution in [1.29, 1.82) is 0 Å². The fourth-order valence-electron chi connectivity index (χ4n) is 2.73. The van der Waals surface area contributed by atoms with Gasteiger partial charge in [0.05, 0.1) is 12.7 Å². The minimum Gasteiger partial charge on any atom is -0.497 e. The van der Waals surface area contributed by atoms with Gasteiger partial charge in [0.1, 0.15) is 11.3 Å². The van der Waals surface area contributed by atoms with Gasteiger partial charge < -0.3 is 14.5 Å². The number of ether oxygens (including phenoxy) is 1. The van der Waals surface area contributed by atoms with Crippen LogP contribution in [0, 0.1) is 3.57 Å². The maximum atomic E-state index is 12.5. The lowest BCUT2D eigenvalue weighted by molar-refractivity contribution is 0.102. The molecule has 0 bridgehead atoms. The Kier molecular flexibility index (Phi) is 4.81. The van der Waals surface area contributed by atoms with Gasteiger partial charge in [-0.2, -0.15) is 0 Å². The van der Waals surface area contributed by atoms with Crippen LogP contribution in [0.4, 0.5) is 5.69 Å². The molecule has 1 N–H and O–H groups in total. The summed E-state index contributed by atoms with van der Waals surface area (Å²) in [5.74, 6) is 1.08. The predicted molar refractivity (Wildman–Crippen MR) is 113 cm³/mol. The zero-order valence-corrected chi connectivity index (χ0v) is 16.6. The third kappa shape index (κ3) is 3.66. The average Bonchev–Trinajstić information content (AvgIpc) is 3.12. The number of carbonyl (C=O) groups excluding carboxylic acids is 1. The van der Waals surface area contributed by atoms with E-state index in [4.69, 9.17) is 9.15 Å². The summed E-state index contributed by atoms with van der Waals surface area (Å²) in [5.41, 5.74) is 3.46. The van der Waals surface area contributed by atoms with Crippen molar-refractivity contribution in [2.24, 2.45) is 0 Å². The van der Waals surface area contributed by atoms with Gasteiger partial charge in [0.25, 0.3) is 5.91 Å². The first-order valence-electron chi connectivity index (χ1n) is 8.25. The highest BCUT2D eigenvalue weighted by Gasteiger charge is 2.12. The van der Waals surface area contributed by atoms with Crippen LogP contribution in [0.1, 0.15) is 10.4 Å². The Labute approximate surface area is 169 Å². The quantitative estimate of drug-likeness (QED) is 0.408. The number of aromatic nitrogens is 1. The SMILES string of the molecule is COc1cccc(-c2nc3cc(NC(=O)c4ccccc4I)ccc3o2)c1. The van der Waals surface area contributed by atoms with Gasteiger partial charge in [-0.15, -0.1) is 0 Å². The number of hydrogen-bond acceptors (Lipinski definition) is 4. The molecule has 5 nitrogen and oxygen atoms in total. The lowest BCUT2D eigenvalue weighted by atomic mass is 10.2. The van der Waals surface area contributed by atoms with Crippen LogP contribution < -0.4 is 10.1 Å². The number of hydrogen-bond donors (Lipinski definition) is 1. The fraction of sp³-hybridized carbons (Fsp3) is 0.0476. The third-order valence-corrected chi connectivity index (χ3v) is 5.02. The zero-order chi connectivity index (χ0) is 18.8. The van der Waals surface area contributed by atoms with Gasteiger partial charge in [0, 0.05) is 14.8 Å². The molecule has 27 heavy (non-hydrogen) atoms. The molecule has 3 aromatic carbocycles. The summed E-state index contributed by atoms with van der Waals surface area (Å²) in [7, 11) is 1.62. The fourth-order valence-corrected chi connectivity index (χ4v) is 3.36. The molecule has 6 heteroatoms. The van der Waals surface area contributed by atoms with Crippen LogP contribution in [0.5, 0.6) is 5.75 Å². The molecular weight excluding hydrogens is 455 g/mol. The number of benzene rings is 3.